The molecular weight excluding hydrogens is 314 g/mol. The minimum atomic E-state index is -0.645. The lowest BCUT2D eigenvalue weighted by atomic mass is 10.2. The molecule has 23 heavy (non-hydrogen) atoms. The van der Waals surface area contributed by atoms with Crippen molar-refractivity contribution < 1.29 is 19.0 Å². The third-order valence-electron chi connectivity index (χ3n) is 2.56. The van der Waals surface area contributed by atoms with E-state index < -0.39 is 6.09 Å². The molecule has 0 bridgehead atoms. The Hall–Kier alpha value is -1.53. The first-order valence-corrected chi connectivity index (χ1v) is 8.73. The molecule has 1 rings (SSSR count). The number of aliphatic imine (C=N–C) groups is 1. The number of hydrogen-bond acceptors (Lipinski definition) is 5. The molecule has 128 valence electrons. The number of carbonyl (C=O) groups excluding carboxylic acids is 1. The minimum Gasteiger partial charge on any atom is -0.470 e. The van der Waals surface area contributed by atoms with Crippen molar-refractivity contribution in [3.8, 4) is 0 Å². The number of nitrogens with zero attached hydrogens (tertiary/aromatic N) is 1. The molecule has 0 saturated carbocycles. The van der Waals surface area contributed by atoms with Crippen molar-refractivity contribution in [3.05, 3.63) is 35.9 Å². The van der Waals surface area contributed by atoms with E-state index in [1.165, 1.54) is 11.8 Å². The van der Waals surface area contributed by atoms with Crippen LogP contribution in [0.15, 0.2) is 35.3 Å². The largest absolute Gasteiger partial charge is 0.470 e. The summed E-state index contributed by atoms with van der Waals surface area (Å²) >= 11 is 1.36. The molecular formula is C17H25NO4S. The quantitative estimate of drug-likeness (QED) is 0.405. The van der Waals surface area contributed by atoms with Crippen LogP contribution in [0.25, 0.3) is 0 Å². The Morgan fingerprint density at radius 1 is 1.17 bits per heavy atom. The molecule has 1 amide bonds. The molecule has 0 N–H and O–H groups in total. The third-order valence-corrected chi connectivity index (χ3v) is 3.30. The predicted molar refractivity (Wildman–Crippen MR) is 93.8 cm³/mol. The van der Waals surface area contributed by atoms with Crippen molar-refractivity contribution >= 4 is 23.1 Å². The zero-order valence-corrected chi connectivity index (χ0v) is 14.8. The van der Waals surface area contributed by atoms with Gasteiger partial charge in [0.05, 0.1) is 6.61 Å². The fraction of sp³-hybridized carbons (Fsp3) is 0.529. The van der Waals surface area contributed by atoms with Gasteiger partial charge in [0, 0.05) is 6.61 Å². The summed E-state index contributed by atoms with van der Waals surface area (Å²) in [7, 11) is 0. The molecule has 0 heterocycles. The van der Waals surface area contributed by atoms with Gasteiger partial charge in [-0.3, -0.25) is 0 Å². The van der Waals surface area contributed by atoms with Crippen LogP contribution in [0.2, 0.25) is 0 Å². The highest BCUT2D eigenvalue weighted by Crippen LogP contribution is 2.08. The second-order valence-corrected chi connectivity index (χ2v) is 6.38. The van der Waals surface area contributed by atoms with Crippen LogP contribution in [-0.4, -0.2) is 36.9 Å². The number of rotatable bonds is 8. The van der Waals surface area contributed by atoms with Crippen LogP contribution in [-0.2, 0) is 20.8 Å². The van der Waals surface area contributed by atoms with Crippen LogP contribution >= 0.6 is 11.8 Å². The number of carbonyl (C=O) groups is 1. The highest BCUT2D eigenvalue weighted by Gasteiger charge is 2.07. The molecule has 6 heteroatoms. The lowest BCUT2D eigenvalue weighted by Crippen LogP contribution is -2.12. The molecule has 0 unspecified atom stereocenters. The molecule has 1 aromatic carbocycles. The van der Waals surface area contributed by atoms with Gasteiger partial charge in [-0.2, -0.15) is 0 Å². The van der Waals surface area contributed by atoms with E-state index in [1.54, 1.807) is 0 Å². The van der Waals surface area contributed by atoms with Crippen molar-refractivity contribution in [2.45, 2.75) is 27.4 Å². The summed E-state index contributed by atoms with van der Waals surface area (Å²) in [5, 5.41) is 0.318. The highest BCUT2D eigenvalue weighted by atomic mass is 32.2. The molecule has 0 atom stereocenters. The summed E-state index contributed by atoms with van der Waals surface area (Å²) in [5.74, 6) is 1.25. The van der Waals surface area contributed by atoms with Crippen LogP contribution < -0.4 is 0 Å². The van der Waals surface area contributed by atoms with Gasteiger partial charge < -0.3 is 14.2 Å². The van der Waals surface area contributed by atoms with Crippen LogP contribution in [0.3, 0.4) is 0 Å². The lowest BCUT2D eigenvalue weighted by molar-refractivity contribution is 0.0798. The second kappa shape index (κ2) is 12.0. The van der Waals surface area contributed by atoms with Gasteiger partial charge in [-0.05, 0) is 17.2 Å². The predicted octanol–water partition coefficient (Wildman–Crippen LogP) is 4.12. The monoisotopic (exact) mass is 339 g/mol. The van der Waals surface area contributed by atoms with Crippen LogP contribution in [0.5, 0.6) is 0 Å². The Morgan fingerprint density at radius 3 is 2.57 bits per heavy atom. The zero-order valence-electron chi connectivity index (χ0n) is 14.0. The van der Waals surface area contributed by atoms with E-state index in [1.807, 2.05) is 37.3 Å². The van der Waals surface area contributed by atoms with Gasteiger partial charge in [0.15, 0.2) is 0 Å². The first-order chi connectivity index (χ1) is 11.1. The Morgan fingerprint density at radius 2 is 1.91 bits per heavy atom. The fourth-order valence-corrected chi connectivity index (χ4v) is 2.12. The van der Waals surface area contributed by atoms with Gasteiger partial charge in [0.2, 0.25) is 0 Å². The summed E-state index contributed by atoms with van der Waals surface area (Å²) in [5.41, 5.74) is 0.920. The maximum absolute atomic E-state index is 11.7. The van der Waals surface area contributed by atoms with Crippen molar-refractivity contribution in [2.75, 3.05) is 25.6 Å². The first kappa shape index (κ1) is 19.5. The van der Waals surface area contributed by atoms with Gasteiger partial charge in [-0.15, -0.1) is 4.99 Å². The summed E-state index contributed by atoms with van der Waals surface area (Å²) in [4.78, 5) is 15.6. The second-order valence-electron chi connectivity index (χ2n) is 5.17. The number of hydrogen-bond donors (Lipinski definition) is 0. The standard InChI is InChI=1S/C17H25NO4S/c1-4-23-17(21-11-10-20-12-14(2)3)18-16(19)22-13-15-8-6-5-7-9-15/h5-9,14H,4,10-13H2,1-3H3. The van der Waals surface area contributed by atoms with Crippen molar-refractivity contribution in [2.24, 2.45) is 10.9 Å². The number of thioether (sulfide) groups is 1. The van der Waals surface area contributed by atoms with Crippen molar-refractivity contribution in [1.82, 2.24) is 0 Å². The van der Waals surface area contributed by atoms with Crippen LogP contribution in [0.1, 0.15) is 26.3 Å². The maximum atomic E-state index is 11.7. The normalized spacial score (nSPS) is 11.6. The number of ether oxygens (including phenoxy) is 3. The smallest absolute Gasteiger partial charge is 0.437 e. The van der Waals surface area contributed by atoms with Crippen LogP contribution in [0.4, 0.5) is 4.79 Å². The van der Waals surface area contributed by atoms with Crippen LogP contribution in [0, 0.1) is 5.92 Å². The van der Waals surface area contributed by atoms with Gasteiger partial charge in [-0.1, -0.05) is 62.9 Å². The van der Waals surface area contributed by atoms with E-state index in [4.69, 9.17) is 14.2 Å². The van der Waals surface area contributed by atoms with E-state index in [0.717, 1.165) is 11.3 Å². The Bertz CT molecular complexity index is 477. The highest BCUT2D eigenvalue weighted by molar-refractivity contribution is 8.13. The Balaban J connectivity index is 2.35. The summed E-state index contributed by atoms with van der Waals surface area (Å²) in [6.07, 6.45) is -0.645. The first-order valence-electron chi connectivity index (χ1n) is 7.74. The van der Waals surface area contributed by atoms with Gasteiger partial charge in [0.1, 0.15) is 13.2 Å². The van der Waals surface area contributed by atoms with Gasteiger partial charge >= 0.3 is 6.09 Å². The zero-order chi connectivity index (χ0) is 16.9. The fourth-order valence-electron chi connectivity index (χ4n) is 1.56. The van der Waals surface area contributed by atoms with E-state index >= 15 is 0 Å². The SMILES string of the molecule is CCSC(=NC(=O)OCc1ccccc1)OCCOCC(C)C. The molecule has 0 aromatic heterocycles. The third kappa shape index (κ3) is 9.97. The molecule has 1 aromatic rings. The van der Waals surface area contributed by atoms with E-state index in [0.29, 0.717) is 31.0 Å². The molecule has 5 nitrogen and oxygen atoms in total. The topological polar surface area (TPSA) is 57.1 Å². The molecule has 0 aliphatic rings. The molecule has 0 spiro atoms. The Kier molecular flexibility index (Phi) is 10.2. The minimum absolute atomic E-state index is 0.199. The van der Waals surface area contributed by atoms with E-state index in [9.17, 15) is 4.79 Å². The van der Waals surface area contributed by atoms with E-state index in [2.05, 4.69) is 18.8 Å². The molecule has 0 aliphatic heterocycles. The lowest BCUT2D eigenvalue weighted by Gasteiger charge is -2.09. The summed E-state index contributed by atoms with van der Waals surface area (Å²) < 4.78 is 16.0. The summed E-state index contributed by atoms with van der Waals surface area (Å²) in [6, 6.07) is 9.48. The van der Waals surface area contributed by atoms with Crippen molar-refractivity contribution in [3.63, 3.8) is 0 Å². The number of amides is 1. The van der Waals surface area contributed by atoms with Gasteiger partial charge in [0.25, 0.3) is 5.23 Å². The molecule has 0 saturated heterocycles. The maximum Gasteiger partial charge on any atom is 0.437 e. The number of benzene rings is 1. The molecule has 0 fully saturated rings. The molecule has 0 aliphatic carbocycles. The summed E-state index contributed by atoms with van der Waals surface area (Å²) in [6.45, 7) is 7.87. The van der Waals surface area contributed by atoms with Crippen molar-refractivity contribution in [1.29, 1.82) is 0 Å². The van der Waals surface area contributed by atoms with Gasteiger partial charge in [-0.25, -0.2) is 4.79 Å². The Labute approximate surface area is 142 Å². The average Bonchev–Trinajstić information content (AvgIpc) is 2.53. The average molecular weight is 339 g/mol. The molecule has 0 radical (unpaired) electrons. The van der Waals surface area contributed by atoms with E-state index in [-0.39, 0.29) is 6.61 Å².